The summed E-state index contributed by atoms with van der Waals surface area (Å²) in [4.78, 5) is 12.3. The minimum atomic E-state index is -0.313. The van der Waals surface area contributed by atoms with Crippen LogP contribution in [0.4, 0.5) is 0 Å². The third kappa shape index (κ3) is 3.54. The normalized spacial score (nSPS) is 13.1. The predicted octanol–water partition coefficient (Wildman–Crippen LogP) is 3.43. The summed E-state index contributed by atoms with van der Waals surface area (Å²) in [6.07, 6.45) is 0.857. The van der Waals surface area contributed by atoms with E-state index in [4.69, 9.17) is 14.0 Å². The predicted molar refractivity (Wildman–Crippen MR) is 95.2 cm³/mol. The van der Waals surface area contributed by atoms with Gasteiger partial charge in [-0.3, -0.25) is 4.79 Å². The van der Waals surface area contributed by atoms with E-state index in [0.717, 1.165) is 23.3 Å². The number of ether oxygens (including phenoxy) is 2. The van der Waals surface area contributed by atoms with Crippen LogP contribution in [-0.4, -0.2) is 24.3 Å². The molecule has 1 N–H and O–H groups in total. The van der Waals surface area contributed by atoms with Crippen LogP contribution < -0.4 is 14.8 Å². The molecular weight excluding hydrogens is 332 g/mol. The molecule has 1 aliphatic heterocycles. The Balaban J connectivity index is 1.41. The Bertz CT molecular complexity index is 905. The van der Waals surface area contributed by atoms with Gasteiger partial charge in [0.2, 0.25) is 5.76 Å². The number of carbonyl (C=O) groups excluding carboxylic acids is 1. The number of amides is 1. The van der Waals surface area contributed by atoms with Crippen LogP contribution in [0.25, 0.3) is 11.3 Å². The first-order chi connectivity index (χ1) is 12.8. The van der Waals surface area contributed by atoms with Crippen LogP contribution in [0.2, 0.25) is 0 Å². The number of carbonyl (C=O) groups is 1. The molecular formula is C20H18N2O4. The summed E-state index contributed by atoms with van der Waals surface area (Å²) < 4.78 is 16.4. The molecule has 132 valence electrons. The summed E-state index contributed by atoms with van der Waals surface area (Å²) >= 11 is 0. The number of hydrogen-bond donors (Lipinski definition) is 1. The molecule has 0 saturated carbocycles. The highest BCUT2D eigenvalue weighted by Crippen LogP contribution is 2.30. The Hall–Kier alpha value is -3.28. The van der Waals surface area contributed by atoms with Crippen LogP contribution in [0, 0.1) is 0 Å². The van der Waals surface area contributed by atoms with Crippen LogP contribution >= 0.6 is 0 Å². The van der Waals surface area contributed by atoms with Crippen LogP contribution in [0.5, 0.6) is 11.5 Å². The highest BCUT2D eigenvalue weighted by atomic mass is 16.5. The van der Waals surface area contributed by atoms with Crippen LogP contribution in [0.15, 0.2) is 59.1 Å². The Morgan fingerprint density at radius 2 is 1.81 bits per heavy atom. The third-order valence-corrected chi connectivity index (χ3v) is 4.07. The van der Waals surface area contributed by atoms with Gasteiger partial charge in [0.25, 0.3) is 5.91 Å². The van der Waals surface area contributed by atoms with E-state index in [-0.39, 0.29) is 11.7 Å². The second-order valence-corrected chi connectivity index (χ2v) is 5.96. The summed E-state index contributed by atoms with van der Waals surface area (Å²) in [6, 6.07) is 16.9. The average molecular weight is 350 g/mol. The molecule has 0 radical (unpaired) electrons. The molecule has 0 saturated heterocycles. The highest BCUT2D eigenvalue weighted by molar-refractivity contribution is 5.92. The fourth-order valence-electron chi connectivity index (χ4n) is 2.71. The fourth-order valence-corrected chi connectivity index (χ4v) is 2.71. The lowest BCUT2D eigenvalue weighted by molar-refractivity contribution is 0.0914. The van der Waals surface area contributed by atoms with E-state index in [1.54, 1.807) is 6.07 Å². The SMILES string of the molecule is O=C(NCc1ccc2c(c1)OCCCO2)c1cc(-c2ccccc2)no1. The van der Waals surface area contributed by atoms with E-state index >= 15 is 0 Å². The number of aromatic nitrogens is 1. The Labute approximate surface area is 150 Å². The molecule has 2 aromatic carbocycles. The molecule has 1 aliphatic rings. The Kier molecular flexibility index (Phi) is 4.55. The number of nitrogens with zero attached hydrogens (tertiary/aromatic N) is 1. The van der Waals surface area contributed by atoms with Gasteiger partial charge in [0.1, 0.15) is 5.69 Å². The van der Waals surface area contributed by atoms with E-state index in [9.17, 15) is 4.79 Å². The summed E-state index contributed by atoms with van der Waals surface area (Å²) in [6.45, 7) is 1.64. The van der Waals surface area contributed by atoms with Gasteiger partial charge < -0.3 is 19.3 Å². The maximum Gasteiger partial charge on any atom is 0.290 e. The molecule has 0 bridgehead atoms. The Morgan fingerprint density at radius 1 is 1.00 bits per heavy atom. The number of fused-ring (bicyclic) bond motifs is 1. The molecule has 1 aromatic heterocycles. The number of rotatable bonds is 4. The van der Waals surface area contributed by atoms with Crippen molar-refractivity contribution in [1.82, 2.24) is 10.5 Å². The summed E-state index contributed by atoms with van der Waals surface area (Å²) in [5, 5.41) is 6.79. The summed E-state index contributed by atoms with van der Waals surface area (Å²) in [5.41, 5.74) is 2.45. The summed E-state index contributed by atoms with van der Waals surface area (Å²) in [5.74, 6) is 1.31. The van der Waals surface area contributed by atoms with E-state index in [0.29, 0.717) is 31.2 Å². The first-order valence-corrected chi connectivity index (χ1v) is 8.48. The summed E-state index contributed by atoms with van der Waals surface area (Å²) in [7, 11) is 0. The fraction of sp³-hybridized carbons (Fsp3) is 0.200. The monoisotopic (exact) mass is 350 g/mol. The van der Waals surface area contributed by atoms with Crippen molar-refractivity contribution >= 4 is 5.91 Å². The molecule has 3 aromatic rings. The Morgan fingerprint density at radius 3 is 2.65 bits per heavy atom. The molecule has 1 amide bonds. The lowest BCUT2D eigenvalue weighted by Crippen LogP contribution is -2.22. The van der Waals surface area contributed by atoms with Gasteiger partial charge in [0.05, 0.1) is 13.2 Å². The van der Waals surface area contributed by atoms with Crippen molar-refractivity contribution in [3.05, 3.63) is 65.9 Å². The maximum atomic E-state index is 12.3. The molecule has 4 rings (SSSR count). The van der Waals surface area contributed by atoms with E-state index in [1.165, 1.54) is 0 Å². The van der Waals surface area contributed by atoms with Gasteiger partial charge in [-0.05, 0) is 17.7 Å². The molecule has 0 unspecified atom stereocenters. The number of benzene rings is 2. The highest BCUT2D eigenvalue weighted by Gasteiger charge is 2.15. The zero-order valence-corrected chi connectivity index (χ0v) is 14.1. The second kappa shape index (κ2) is 7.31. The molecule has 0 spiro atoms. The van der Waals surface area contributed by atoms with Crippen molar-refractivity contribution in [2.24, 2.45) is 0 Å². The molecule has 2 heterocycles. The second-order valence-electron chi connectivity index (χ2n) is 5.96. The molecule has 0 fully saturated rings. The first-order valence-electron chi connectivity index (χ1n) is 8.48. The van der Waals surface area contributed by atoms with Crippen molar-refractivity contribution in [3.63, 3.8) is 0 Å². The molecule has 6 heteroatoms. The number of hydrogen-bond acceptors (Lipinski definition) is 5. The molecule has 6 nitrogen and oxygen atoms in total. The van der Waals surface area contributed by atoms with Crippen molar-refractivity contribution < 1.29 is 18.8 Å². The molecule has 0 atom stereocenters. The van der Waals surface area contributed by atoms with Gasteiger partial charge >= 0.3 is 0 Å². The standard InChI is InChI=1S/C20H18N2O4/c23-20(19-12-16(22-26-19)15-5-2-1-3-6-15)21-13-14-7-8-17-18(11-14)25-10-4-9-24-17/h1-3,5-8,11-12H,4,9-10,13H2,(H,21,23). The van der Waals surface area contributed by atoms with Crippen LogP contribution in [0.3, 0.4) is 0 Å². The van der Waals surface area contributed by atoms with Crippen LogP contribution in [0.1, 0.15) is 22.5 Å². The molecule has 26 heavy (non-hydrogen) atoms. The van der Waals surface area contributed by atoms with Gasteiger partial charge in [-0.1, -0.05) is 41.6 Å². The van der Waals surface area contributed by atoms with Crippen molar-refractivity contribution in [3.8, 4) is 22.8 Å². The van der Waals surface area contributed by atoms with Gasteiger partial charge in [-0.25, -0.2) is 0 Å². The minimum absolute atomic E-state index is 0.179. The average Bonchev–Trinajstić information content (AvgIpc) is 3.06. The van der Waals surface area contributed by atoms with E-state index < -0.39 is 0 Å². The van der Waals surface area contributed by atoms with E-state index in [2.05, 4.69) is 10.5 Å². The van der Waals surface area contributed by atoms with Crippen molar-refractivity contribution in [1.29, 1.82) is 0 Å². The van der Waals surface area contributed by atoms with Gasteiger partial charge in [-0.2, -0.15) is 0 Å². The van der Waals surface area contributed by atoms with Gasteiger partial charge in [0.15, 0.2) is 11.5 Å². The van der Waals surface area contributed by atoms with Crippen molar-refractivity contribution in [2.45, 2.75) is 13.0 Å². The van der Waals surface area contributed by atoms with Gasteiger partial charge in [-0.15, -0.1) is 0 Å². The quantitative estimate of drug-likeness (QED) is 0.780. The van der Waals surface area contributed by atoms with Gasteiger partial charge in [0, 0.05) is 24.6 Å². The maximum absolute atomic E-state index is 12.3. The van der Waals surface area contributed by atoms with Crippen molar-refractivity contribution in [2.75, 3.05) is 13.2 Å². The third-order valence-electron chi connectivity index (χ3n) is 4.07. The lowest BCUT2D eigenvalue weighted by Gasteiger charge is -2.09. The zero-order valence-electron chi connectivity index (χ0n) is 14.1. The minimum Gasteiger partial charge on any atom is -0.490 e. The lowest BCUT2D eigenvalue weighted by atomic mass is 10.1. The van der Waals surface area contributed by atoms with Crippen LogP contribution in [-0.2, 0) is 6.54 Å². The molecule has 0 aliphatic carbocycles. The topological polar surface area (TPSA) is 73.6 Å². The number of nitrogens with one attached hydrogen (secondary N) is 1. The first kappa shape index (κ1) is 16.2. The smallest absolute Gasteiger partial charge is 0.290 e. The van der Waals surface area contributed by atoms with E-state index in [1.807, 2.05) is 48.5 Å². The zero-order chi connectivity index (χ0) is 17.8. The largest absolute Gasteiger partial charge is 0.490 e.